The number of rotatable bonds is 5. The maximum atomic E-state index is 12.8. The third-order valence-electron chi connectivity index (χ3n) is 4.20. The molecular formula is C18H20BrN3O3. The average molecular weight is 406 g/mol. The Bertz CT molecular complexity index is 1050. The number of fused-ring (bicyclic) bond motifs is 1. The zero-order chi connectivity index (χ0) is 18.1. The number of aryl methyl sites for hydroxylation is 1. The molecule has 2 aromatic heterocycles. The maximum absolute atomic E-state index is 12.8. The fraction of sp³-hybridized carbons (Fsp3) is 0.333. The van der Waals surface area contributed by atoms with Gasteiger partial charge in [0.15, 0.2) is 5.52 Å². The summed E-state index contributed by atoms with van der Waals surface area (Å²) >= 11 is 3.47. The summed E-state index contributed by atoms with van der Waals surface area (Å²) in [6.45, 7) is 4.69. The van der Waals surface area contributed by atoms with E-state index < -0.39 is 5.56 Å². The number of hydrogen-bond donors (Lipinski definition) is 1. The second-order valence-corrected chi connectivity index (χ2v) is 6.80. The van der Waals surface area contributed by atoms with Crippen molar-refractivity contribution in [3.63, 3.8) is 0 Å². The molecule has 3 aromatic rings. The summed E-state index contributed by atoms with van der Waals surface area (Å²) in [5, 5.41) is 10.7. The van der Waals surface area contributed by atoms with Crippen molar-refractivity contribution >= 4 is 27.0 Å². The Kier molecular flexibility index (Phi) is 4.85. The summed E-state index contributed by atoms with van der Waals surface area (Å²) < 4.78 is 4.47. The van der Waals surface area contributed by atoms with Crippen LogP contribution in [0.4, 0.5) is 0 Å². The van der Waals surface area contributed by atoms with Crippen molar-refractivity contribution in [2.24, 2.45) is 0 Å². The summed E-state index contributed by atoms with van der Waals surface area (Å²) in [7, 11) is 0. The molecule has 2 heterocycles. The Morgan fingerprint density at radius 2 is 1.68 bits per heavy atom. The zero-order valence-corrected chi connectivity index (χ0v) is 15.8. The molecule has 0 aliphatic carbocycles. The van der Waals surface area contributed by atoms with Gasteiger partial charge in [-0.05, 0) is 25.0 Å². The second kappa shape index (κ2) is 6.92. The van der Waals surface area contributed by atoms with E-state index in [0.717, 1.165) is 21.2 Å². The Morgan fingerprint density at radius 3 is 2.32 bits per heavy atom. The molecule has 25 heavy (non-hydrogen) atoms. The van der Waals surface area contributed by atoms with E-state index >= 15 is 0 Å². The highest BCUT2D eigenvalue weighted by molar-refractivity contribution is 9.10. The van der Waals surface area contributed by atoms with E-state index in [-0.39, 0.29) is 11.2 Å². The fourth-order valence-corrected chi connectivity index (χ4v) is 3.57. The molecule has 0 unspecified atom stereocenters. The summed E-state index contributed by atoms with van der Waals surface area (Å²) in [4.78, 5) is 25.5. The van der Waals surface area contributed by atoms with Gasteiger partial charge in [-0.2, -0.15) is 4.73 Å². The molecule has 0 fully saturated rings. The first-order valence-electron chi connectivity index (χ1n) is 8.34. The highest BCUT2D eigenvalue weighted by atomic mass is 79.9. The van der Waals surface area contributed by atoms with Gasteiger partial charge >= 0.3 is 5.69 Å². The normalized spacial score (nSPS) is 11.3. The minimum Gasteiger partial charge on any atom is -0.428 e. The van der Waals surface area contributed by atoms with Gasteiger partial charge in [-0.25, -0.2) is 4.79 Å². The molecule has 0 amide bonds. The lowest BCUT2D eigenvalue weighted by atomic mass is 10.1. The van der Waals surface area contributed by atoms with Gasteiger partial charge in [0.1, 0.15) is 0 Å². The Hall–Kier alpha value is -2.28. The molecule has 1 aromatic carbocycles. The van der Waals surface area contributed by atoms with E-state index in [1.54, 1.807) is 10.6 Å². The SMILES string of the molecule is CCCn1c(=O)c2c(cc(-c3ccccc3Br)n2O)n(CCC)c1=O. The predicted octanol–water partition coefficient (Wildman–Crippen LogP) is 3.45. The van der Waals surface area contributed by atoms with Crippen LogP contribution in [0.15, 0.2) is 44.4 Å². The van der Waals surface area contributed by atoms with Gasteiger partial charge in [-0.1, -0.05) is 48.0 Å². The van der Waals surface area contributed by atoms with E-state index in [4.69, 9.17) is 0 Å². The first-order valence-corrected chi connectivity index (χ1v) is 9.13. The van der Waals surface area contributed by atoms with Crippen LogP contribution in [0.5, 0.6) is 0 Å². The third-order valence-corrected chi connectivity index (χ3v) is 4.89. The summed E-state index contributed by atoms with van der Waals surface area (Å²) in [5.41, 5.74) is 1.02. The second-order valence-electron chi connectivity index (χ2n) is 5.95. The Balaban J connectivity index is 2.43. The minimum absolute atomic E-state index is 0.132. The molecule has 0 aliphatic heterocycles. The first kappa shape index (κ1) is 17.5. The molecule has 1 N–H and O–H groups in total. The number of halogens is 1. The van der Waals surface area contributed by atoms with Gasteiger partial charge < -0.3 is 5.21 Å². The van der Waals surface area contributed by atoms with E-state index in [1.807, 2.05) is 38.1 Å². The summed E-state index contributed by atoms with van der Waals surface area (Å²) in [6, 6.07) is 9.13. The van der Waals surface area contributed by atoms with Crippen molar-refractivity contribution in [2.45, 2.75) is 39.8 Å². The molecule has 7 heteroatoms. The lowest BCUT2D eigenvalue weighted by Crippen LogP contribution is -2.40. The highest BCUT2D eigenvalue weighted by Crippen LogP contribution is 2.30. The van der Waals surface area contributed by atoms with Crippen LogP contribution >= 0.6 is 15.9 Å². The van der Waals surface area contributed by atoms with E-state index in [9.17, 15) is 14.8 Å². The van der Waals surface area contributed by atoms with Crippen LogP contribution in [0.3, 0.4) is 0 Å². The van der Waals surface area contributed by atoms with Gasteiger partial charge in [0.05, 0.1) is 11.2 Å². The van der Waals surface area contributed by atoms with Crippen molar-refractivity contribution in [1.82, 2.24) is 13.9 Å². The van der Waals surface area contributed by atoms with Crippen LogP contribution in [-0.4, -0.2) is 19.1 Å². The van der Waals surface area contributed by atoms with E-state index in [2.05, 4.69) is 15.9 Å². The van der Waals surface area contributed by atoms with Gasteiger partial charge in [-0.15, -0.1) is 0 Å². The molecule has 132 valence electrons. The van der Waals surface area contributed by atoms with E-state index in [0.29, 0.717) is 30.7 Å². The van der Waals surface area contributed by atoms with Crippen molar-refractivity contribution in [2.75, 3.05) is 0 Å². The van der Waals surface area contributed by atoms with Crippen LogP contribution < -0.4 is 11.2 Å². The van der Waals surface area contributed by atoms with Gasteiger partial charge in [0.25, 0.3) is 5.56 Å². The van der Waals surface area contributed by atoms with Crippen LogP contribution in [0, 0.1) is 0 Å². The van der Waals surface area contributed by atoms with Crippen molar-refractivity contribution in [3.05, 3.63) is 55.6 Å². The molecule has 0 spiro atoms. The average Bonchev–Trinajstić information content (AvgIpc) is 2.93. The highest BCUT2D eigenvalue weighted by Gasteiger charge is 2.21. The largest absolute Gasteiger partial charge is 0.428 e. The van der Waals surface area contributed by atoms with E-state index in [1.165, 1.54) is 4.57 Å². The Labute approximate surface area is 153 Å². The number of benzene rings is 1. The van der Waals surface area contributed by atoms with Crippen LogP contribution in [-0.2, 0) is 13.1 Å². The summed E-state index contributed by atoms with van der Waals surface area (Å²) in [6.07, 6.45) is 1.41. The maximum Gasteiger partial charge on any atom is 0.331 e. The number of aromatic nitrogens is 3. The molecule has 6 nitrogen and oxygen atoms in total. The molecule has 0 radical (unpaired) electrons. The molecular weight excluding hydrogens is 386 g/mol. The van der Waals surface area contributed by atoms with Crippen LogP contribution in [0.1, 0.15) is 26.7 Å². The topological polar surface area (TPSA) is 69.2 Å². The minimum atomic E-state index is -0.463. The van der Waals surface area contributed by atoms with Crippen LogP contribution in [0.25, 0.3) is 22.3 Å². The van der Waals surface area contributed by atoms with Crippen molar-refractivity contribution in [3.8, 4) is 11.3 Å². The van der Waals surface area contributed by atoms with Crippen LogP contribution in [0.2, 0.25) is 0 Å². The number of hydrogen-bond acceptors (Lipinski definition) is 3. The zero-order valence-electron chi connectivity index (χ0n) is 14.2. The molecule has 3 rings (SSSR count). The lowest BCUT2D eigenvalue weighted by Gasteiger charge is -2.11. The number of nitrogens with zero attached hydrogens (tertiary/aromatic N) is 3. The molecule has 0 atom stereocenters. The first-order chi connectivity index (χ1) is 12.0. The lowest BCUT2D eigenvalue weighted by molar-refractivity contribution is 0.203. The smallest absolute Gasteiger partial charge is 0.331 e. The molecule has 0 saturated heterocycles. The predicted molar refractivity (Wildman–Crippen MR) is 101 cm³/mol. The standard InChI is InChI=1S/C18H20BrN3O3/c1-3-9-20-15-11-14(12-7-5-6-8-13(12)19)22(25)16(15)17(23)21(10-4-2)18(20)24/h5-8,11,25H,3-4,9-10H2,1-2H3. The van der Waals surface area contributed by atoms with Crippen molar-refractivity contribution < 1.29 is 5.21 Å². The third kappa shape index (κ3) is 2.82. The van der Waals surface area contributed by atoms with Crippen molar-refractivity contribution in [1.29, 1.82) is 0 Å². The Morgan fingerprint density at radius 1 is 1.04 bits per heavy atom. The van der Waals surface area contributed by atoms with Gasteiger partial charge in [0.2, 0.25) is 0 Å². The fourth-order valence-electron chi connectivity index (χ4n) is 3.08. The monoisotopic (exact) mass is 405 g/mol. The molecule has 0 bridgehead atoms. The molecule has 0 aliphatic rings. The van der Waals surface area contributed by atoms with Gasteiger partial charge in [-0.3, -0.25) is 13.9 Å². The molecule has 0 saturated carbocycles. The van der Waals surface area contributed by atoms with Gasteiger partial charge in [0, 0.05) is 23.1 Å². The quantitative estimate of drug-likeness (QED) is 0.660. The summed E-state index contributed by atoms with van der Waals surface area (Å²) in [5.74, 6) is 0.